The van der Waals surface area contributed by atoms with Gasteiger partial charge in [0.05, 0.1) is 12.7 Å². The van der Waals surface area contributed by atoms with Gasteiger partial charge >= 0.3 is 0 Å². The van der Waals surface area contributed by atoms with Crippen molar-refractivity contribution in [3.05, 3.63) is 23.9 Å². The van der Waals surface area contributed by atoms with E-state index in [-0.39, 0.29) is 6.10 Å². The van der Waals surface area contributed by atoms with Crippen molar-refractivity contribution < 1.29 is 14.2 Å². The number of nitrogens with one attached hydrogen (secondary N) is 2. The van der Waals surface area contributed by atoms with Gasteiger partial charge in [-0.2, -0.15) is 0 Å². The Morgan fingerprint density at radius 1 is 1.21 bits per heavy atom. The van der Waals surface area contributed by atoms with Crippen LogP contribution >= 0.6 is 0 Å². The summed E-state index contributed by atoms with van der Waals surface area (Å²) < 4.78 is 17.2. The Morgan fingerprint density at radius 2 is 2.07 bits per heavy atom. The number of pyridine rings is 1. The third kappa shape index (κ3) is 7.82. The van der Waals surface area contributed by atoms with Gasteiger partial charge in [-0.25, -0.2) is 4.98 Å². The summed E-state index contributed by atoms with van der Waals surface area (Å²) in [6.45, 7) is 6.10. The molecule has 1 aliphatic carbocycles. The number of aliphatic imine (C=N–C) groups is 1. The van der Waals surface area contributed by atoms with E-state index < -0.39 is 0 Å². The highest BCUT2D eigenvalue weighted by molar-refractivity contribution is 5.79. The lowest BCUT2D eigenvalue weighted by atomic mass is 9.89. The molecule has 0 radical (unpaired) electrons. The number of hydrogen-bond donors (Lipinski definition) is 2. The summed E-state index contributed by atoms with van der Waals surface area (Å²) in [6, 6.07) is 4.03. The Morgan fingerprint density at radius 3 is 2.83 bits per heavy atom. The van der Waals surface area contributed by atoms with Crippen LogP contribution in [0, 0.1) is 5.92 Å². The monoisotopic (exact) mass is 404 g/mol. The van der Waals surface area contributed by atoms with Crippen molar-refractivity contribution in [3.8, 4) is 5.88 Å². The van der Waals surface area contributed by atoms with E-state index in [0.29, 0.717) is 12.6 Å². The van der Waals surface area contributed by atoms with Gasteiger partial charge in [-0.1, -0.05) is 6.92 Å². The minimum atomic E-state index is 0.271. The van der Waals surface area contributed by atoms with E-state index in [1.54, 1.807) is 7.05 Å². The van der Waals surface area contributed by atoms with Gasteiger partial charge in [0, 0.05) is 45.6 Å². The standard InChI is InChI=1S/C22H36N4O3/c1-17-4-6-19(7-5-17)29-21-14-18(8-11-24-21)15-26-22(23-2)25-10-3-12-28-20-9-13-27-16-20/h8,11,14,17,19-20H,3-7,9-10,12-13,15-16H2,1-2H3,(H2,23,25,26). The number of ether oxygens (including phenoxy) is 3. The highest BCUT2D eigenvalue weighted by atomic mass is 16.5. The lowest BCUT2D eigenvalue weighted by molar-refractivity contribution is 0.0420. The summed E-state index contributed by atoms with van der Waals surface area (Å²) in [7, 11) is 1.78. The van der Waals surface area contributed by atoms with Gasteiger partial charge < -0.3 is 24.8 Å². The number of hydrogen-bond acceptors (Lipinski definition) is 5. The van der Waals surface area contributed by atoms with Crippen LogP contribution in [0.1, 0.15) is 51.0 Å². The molecule has 29 heavy (non-hydrogen) atoms. The molecule has 2 aliphatic rings. The first-order chi connectivity index (χ1) is 14.2. The second kappa shape index (κ2) is 12.0. The van der Waals surface area contributed by atoms with E-state index >= 15 is 0 Å². The van der Waals surface area contributed by atoms with Crippen LogP contribution in [0.15, 0.2) is 23.3 Å². The topological polar surface area (TPSA) is 77.0 Å². The van der Waals surface area contributed by atoms with Gasteiger partial charge in [-0.15, -0.1) is 0 Å². The van der Waals surface area contributed by atoms with Crippen LogP contribution in [-0.4, -0.2) is 56.6 Å². The molecule has 1 atom stereocenters. The van der Waals surface area contributed by atoms with Gasteiger partial charge in [-0.3, -0.25) is 4.99 Å². The van der Waals surface area contributed by atoms with Crippen LogP contribution in [0.25, 0.3) is 0 Å². The SMILES string of the molecule is CN=C(NCCCOC1CCOC1)NCc1ccnc(OC2CCC(C)CC2)c1. The minimum Gasteiger partial charge on any atom is -0.474 e. The zero-order valence-electron chi connectivity index (χ0n) is 17.9. The molecular weight excluding hydrogens is 368 g/mol. The molecule has 2 fully saturated rings. The molecular formula is C22H36N4O3. The molecule has 7 heteroatoms. The summed E-state index contributed by atoms with van der Waals surface area (Å²) in [5.41, 5.74) is 1.13. The average molecular weight is 405 g/mol. The van der Waals surface area contributed by atoms with Gasteiger partial charge in [0.2, 0.25) is 5.88 Å². The maximum absolute atomic E-state index is 6.10. The summed E-state index contributed by atoms with van der Waals surface area (Å²) in [4.78, 5) is 8.67. The van der Waals surface area contributed by atoms with Gasteiger partial charge in [0.25, 0.3) is 0 Å². The van der Waals surface area contributed by atoms with Gasteiger partial charge in [0.15, 0.2) is 5.96 Å². The lowest BCUT2D eigenvalue weighted by Gasteiger charge is -2.26. The van der Waals surface area contributed by atoms with Crippen LogP contribution in [0.4, 0.5) is 0 Å². The fraction of sp³-hybridized carbons (Fsp3) is 0.727. The molecule has 1 saturated heterocycles. The van der Waals surface area contributed by atoms with Crippen LogP contribution in [0.3, 0.4) is 0 Å². The van der Waals surface area contributed by atoms with Crippen molar-refractivity contribution in [2.24, 2.45) is 10.9 Å². The molecule has 2 N–H and O–H groups in total. The maximum Gasteiger partial charge on any atom is 0.213 e. The molecule has 162 valence electrons. The summed E-state index contributed by atoms with van der Waals surface area (Å²) in [6.07, 6.45) is 9.07. The van der Waals surface area contributed by atoms with E-state index in [0.717, 1.165) is 75.4 Å². The number of nitrogens with zero attached hydrogens (tertiary/aromatic N) is 2. The van der Waals surface area contributed by atoms with E-state index in [9.17, 15) is 0 Å². The molecule has 1 aromatic heterocycles. The van der Waals surface area contributed by atoms with E-state index in [1.807, 2.05) is 18.3 Å². The van der Waals surface area contributed by atoms with Crippen molar-refractivity contribution in [1.82, 2.24) is 15.6 Å². The molecule has 2 heterocycles. The number of rotatable bonds is 9. The van der Waals surface area contributed by atoms with Crippen molar-refractivity contribution in [1.29, 1.82) is 0 Å². The molecule has 1 aliphatic heterocycles. The fourth-order valence-electron chi connectivity index (χ4n) is 3.72. The van der Waals surface area contributed by atoms with Crippen molar-refractivity contribution >= 4 is 5.96 Å². The first kappa shape index (κ1) is 21.8. The van der Waals surface area contributed by atoms with E-state index in [2.05, 4.69) is 27.5 Å². The van der Waals surface area contributed by atoms with Crippen molar-refractivity contribution in [2.75, 3.05) is 33.4 Å². The number of aromatic nitrogens is 1. The van der Waals surface area contributed by atoms with Crippen LogP contribution < -0.4 is 15.4 Å². The Labute approximate surface area is 174 Å². The molecule has 1 saturated carbocycles. The predicted octanol–water partition coefficient (Wildman–Crippen LogP) is 2.90. The van der Waals surface area contributed by atoms with Gasteiger partial charge in [0.1, 0.15) is 6.10 Å². The Hall–Kier alpha value is -1.86. The fourth-order valence-corrected chi connectivity index (χ4v) is 3.72. The lowest BCUT2D eigenvalue weighted by Crippen LogP contribution is -2.37. The van der Waals surface area contributed by atoms with Crippen molar-refractivity contribution in [3.63, 3.8) is 0 Å². The second-order valence-electron chi connectivity index (χ2n) is 8.06. The summed E-state index contributed by atoms with van der Waals surface area (Å²) >= 11 is 0. The Kier molecular flexibility index (Phi) is 9.02. The summed E-state index contributed by atoms with van der Waals surface area (Å²) in [5.74, 6) is 2.33. The molecule has 1 aromatic rings. The Bertz CT molecular complexity index is 626. The molecule has 1 unspecified atom stereocenters. The molecule has 0 spiro atoms. The Balaban J connectivity index is 1.34. The highest BCUT2D eigenvalue weighted by Gasteiger charge is 2.20. The van der Waals surface area contributed by atoms with E-state index in [4.69, 9.17) is 14.2 Å². The first-order valence-corrected chi connectivity index (χ1v) is 11.0. The summed E-state index contributed by atoms with van der Waals surface area (Å²) in [5, 5.41) is 6.68. The first-order valence-electron chi connectivity index (χ1n) is 11.0. The maximum atomic E-state index is 6.10. The van der Waals surface area contributed by atoms with Crippen LogP contribution in [-0.2, 0) is 16.0 Å². The van der Waals surface area contributed by atoms with E-state index in [1.165, 1.54) is 12.8 Å². The molecule has 7 nitrogen and oxygen atoms in total. The number of guanidine groups is 1. The van der Waals surface area contributed by atoms with Crippen LogP contribution in [0.5, 0.6) is 5.88 Å². The quantitative estimate of drug-likeness (QED) is 0.374. The molecule has 0 aromatic carbocycles. The second-order valence-corrected chi connectivity index (χ2v) is 8.06. The highest BCUT2D eigenvalue weighted by Crippen LogP contribution is 2.26. The van der Waals surface area contributed by atoms with Gasteiger partial charge in [-0.05, 0) is 56.1 Å². The molecule has 3 rings (SSSR count). The minimum absolute atomic E-state index is 0.271. The largest absolute Gasteiger partial charge is 0.474 e. The normalized spacial score (nSPS) is 25.0. The zero-order valence-corrected chi connectivity index (χ0v) is 17.9. The van der Waals surface area contributed by atoms with Crippen molar-refractivity contribution in [2.45, 2.75) is 64.2 Å². The average Bonchev–Trinajstić information content (AvgIpc) is 3.25. The molecule has 0 amide bonds. The third-order valence-electron chi connectivity index (χ3n) is 5.59. The predicted molar refractivity (Wildman–Crippen MR) is 114 cm³/mol. The smallest absolute Gasteiger partial charge is 0.213 e. The van der Waals surface area contributed by atoms with Crippen LogP contribution in [0.2, 0.25) is 0 Å². The molecule has 0 bridgehead atoms. The zero-order chi connectivity index (χ0) is 20.3. The third-order valence-corrected chi connectivity index (χ3v) is 5.59.